The first-order valence-electron chi connectivity index (χ1n) is 8.27. The number of hydrogen-bond donors (Lipinski definition) is 2. The lowest BCUT2D eigenvalue weighted by Gasteiger charge is -2.10. The zero-order valence-corrected chi connectivity index (χ0v) is 16.5. The van der Waals surface area contributed by atoms with Gasteiger partial charge in [-0.2, -0.15) is 13.2 Å². The van der Waals surface area contributed by atoms with Gasteiger partial charge in [0.15, 0.2) is 0 Å². The van der Waals surface area contributed by atoms with Gasteiger partial charge in [-0.05, 0) is 54.6 Å². The summed E-state index contributed by atoms with van der Waals surface area (Å²) in [5, 5.41) is 2.80. The van der Waals surface area contributed by atoms with Crippen molar-refractivity contribution >= 4 is 38.9 Å². The minimum atomic E-state index is -4.48. The number of nitrogens with one attached hydrogen (secondary N) is 2. The quantitative estimate of drug-likeness (QED) is 0.578. The Morgan fingerprint density at radius 2 is 1.57 bits per heavy atom. The number of pyridine rings is 1. The van der Waals surface area contributed by atoms with Gasteiger partial charge in [0.2, 0.25) is 0 Å². The number of rotatable bonds is 5. The van der Waals surface area contributed by atoms with E-state index in [1.165, 1.54) is 42.7 Å². The first-order chi connectivity index (χ1) is 14.0. The summed E-state index contributed by atoms with van der Waals surface area (Å²) < 4.78 is 65.0. The predicted octanol–water partition coefficient (Wildman–Crippen LogP) is 4.81. The number of anilines is 2. The predicted molar refractivity (Wildman–Crippen MR) is 106 cm³/mol. The molecule has 3 rings (SSSR count). The zero-order valence-electron chi connectivity index (χ0n) is 14.9. The van der Waals surface area contributed by atoms with Crippen LogP contribution in [0.3, 0.4) is 0 Å². The summed E-state index contributed by atoms with van der Waals surface area (Å²) >= 11 is 5.75. The van der Waals surface area contributed by atoms with Crippen molar-refractivity contribution < 1.29 is 26.4 Å². The van der Waals surface area contributed by atoms with Crippen LogP contribution >= 0.6 is 11.6 Å². The van der Waals surface area contributed by atoms with Crippen LogP contribution in [-0.2, 0) is 16.2 Å². The van der Waals surface area contributed by atoms with Crippen molar-refractivity contribution in [3.63, 3.8) is 0 Å². The van der Waals surface area contributed by atoms with E-state index in [2.05, 4.69) is 15.0 Å². The van der Waals surface area contributed by atoms with E-state index in [9.17, 15) is 26.4 Å². The molecule has 2 N–H and O–H groups in total. The minimum Gasteiger partial charge on any atom is -0.322 e. The minimum absolute atomic E-state index is 0.00574. The second-order valence-corrected chi connectivity index (χ2v) is 8.17. The Balaban J connectivity index is 1.74. The maximum Gasteiger partial charge on any atom is 0.416 e. The van der Waals surface area contributed by atoms with Gasteiger partial charge < -0.3 is 5.32 Å². The molecule has 0 saturated heterocycles. The van der Waals surface area contributed by atoms with Gasteiger partial charge in [-0.15, -0.1) is 0 Å². The topological polar surface area (TPSA) is 88.2 Å². The third kappa shape index (κ3) is 5.28. The van der Waals surface area contributed by atoms with E-state index in [-0.39, 0.29) is 21.8 Å². The summed E-state index contributed by atoms with van der Waals surface area (Å²) in [6, 6.07) is 10.6. The van der Waals surface area contributed by atoms with E-state index in [1.807, 2.05) is 0 Å². The Bertz CT molecular complexity index is 1170. The number of sulfonamides is 1. The van der Waals surface area contributed by atoms with Crippen LogP contribution < -0.4 is 10.0 Å². The first kappa shape index (κ1) is 21.6. The number of carbonyl (C=O) groups excluding carboxylic acids is 1. The van der Waals surface area contributed by atoms with Crippen molar-refractivity contribution in [2.45, 2.75) is 11.1 Å². The van der Waals surface area contributed by atoms with Crippen molar-refractivity contribution in [3.8, 4) is 0 Å². The standard InChI is InChI=1S/C19H13ClF3N3O3S/c20-14-3-7-17(8-4-14)30(28,29)26-16-9-12(10-24-11-16)18(27)25-15-5-1-13(2-6-15)19(21,22)23/h1-11,26H,(H,25,27). The Morgan fingerprint density at radius 3 is 2.17 bits per heavy atom. The van der Waals surface area contributed by atoms with Gasteiger partial charge in [0.1, 0.15) is 0 Å². The first-order valence-corrected chi connectivity index (χ1v) is 10.1. The molecule has 0 spiro atoms. The molecule has 0 aliphatic rings. The Labute approximate surface area is 174 Å². The molecule has 0 unspecified atom stereocenters. The van der Waals surface area contributed by atoms with Crippen molar-refractivity contribution in [3.05, 3.63) is 83.1 Å². The molecule has 6 nitrogen and oxygen atoms in total. The normalized spacial score (nSPS) is 11.7. The van der Waals surface area contributed by atoms with E-state index in [4.69, 9.17) is 11.6 Å². The highest BCUT2D eigenvalue weighted by Crippen LogP contribution is 2.30. The fraction of sp³-hybridized carbons (Fsp3) is 0.0526. The summed E-state index contributed by atoms with van der Waals surface area (Å²) in [4.78, 5) is 16.1. The molecule has 2 aromatic carbocycles. The third-order valence-electron chi connectivity index (χ3n) is 3.85. The van der Waals surface area contributed by atoms with Gasteiger partial charge in [-0.3, -0.25) is 14.5 Å². The van der Waals surface area contributed by atoms with Gasteiger partial charge in [-0.25, -0.2) is 8.42 Å². The van der Waals surface area contributed by atoms with Crippen LogP contribution in [0.1, 0.15) is 15.9 Å². The Kier molecular flexibility index (Phi) is 5.99. The SMILES string of the molecule is O=C(Nc1ccc(C(F)(F)F)cc1)c1cncc(NS(=O)(=O)c2ccc(Cl)cc2)c1. The van der Waals surface area contributed by atoms with Crippen LogP contribution in [0.4, 0.5) is 24.5 Å². The summed E-state index contributed by atoms with van der Waals surface area (Å²) in [6.07, 6.45) is -2.08. The summed E-state index contributed by atoms with van der Waals surface area (Å²) in [6.45, 7) is 0. The number of carbonyl (C=O) groups is 1. The largest absolute Gasteiger partial charge is 0.416 e. The molecule has 1 aromatic heterocycles. The van der Waals surface area contributed by atoms with Crippen molar-refractivity contribution in [2.24, 2.45) is 0 Å². The summed E-state index contributed by atoms with van der Waals surface area (Å²) in [5.74, 6) is -0.671. The maximum absolute atomic E-state index is 12.6. The highest BCUT2D eigenvalue weighted by molar-refractivity contribution is 7.92. The Hall–Kier alpha value is -3.11. The molecule has 0 saturated carbocycles. The van der Waals surface area contributed by atoms with E-state index < -0.39 is 27.7 Å². The average Bonchev–Trinajstić information content (AvgIpc) is 2.68. The molecule has 1 amide bonds. The lowest BCUT2D eigenvalue weighted by molar-refractivity contribution is -0.137. The molecule has 0 fully saturated rings. The van der Waals surface area contributed by atoms with Gasteiger partial charge in [0.25, 0.3) is 15.9 Å². The number of aromatic nitrogens is 1. The number of halogens is 4. The Morgan fingerprint density at radius 1 is 0.933 bits per heavy atom. The molecular formula is C19H13ClF3N3O3S. The van der Waals surface area contributed by atoms with E-state index in [0.29, 0.717) is 5.02 Å². The van der Waals surface area contributed by atoms with Crippen LogP contribution in [-0.4, -0.2) is 19.3 Å². The molecule has 0 aliphatic carbocycles. The maximum atomic E-state index is 12.6. The average molecular weight is 456 g/mol. The number of nitrogens with zero attached hydrogens (tertiary/aromatic N) is 1. The second kappa shape index (κ2) is 8.33. The number of hydrogen-bond acceptors (Lipinski definition) is 4. The van der Waals surface area contributed by atoms with Crippen LogP contribution in [0.15, 0.2) is 71.9 Å². The van der Waals surface area contributed by atoms with Crippen LogP contribution in [0.5, 0.6) is 0 Å². The molecule has 3 aromatic rings. The fourth-order valence-corrected chi connectivity index (χ4v) is 3.55. The fourth-order valence-electron chi connectivity index (χ4n) is 2.39. The smallest absolute Gasteiger partial charge is 0.322 e. The van der Waals surface area contributed by atoms with Crippen molar-refractivity contribution in [1.29, 1.82) is 0 Å². The number of alkyl halides is 3. The van der Waals surface area contributed by atoms with Crippen LogP contribution in [0, 0.1) is 0 Å². The highest BCUT2D eigenvalue weighted by atomic mass is 35.5. The second-order valence-electron chi connectivity index (χ2n) is 6.05. The van der Waals surface area contributed by atoms with Gasteiger partial charge in [0.05, 0.1) is 27.9 Å². The number of benzene rings is 2. The molecule has 156 valence electrons. The van der Waals surface area contributed by atoms with Crippen molar-refractivity contribution in [1.82, 2.24) is 4.98 Å². The van der Waals surface area contributed by atoms with E-state index >= 15 is 0 Å². The molecule has 30 heavy (non-hydrogen) atoms. The molecule has 0 bridgehead atoms. The van der Waals surface area contributed by atoms with Crippen LogP contribution in [0.2, 0.25) is 5.02 Å². The lowest BCUT2D eigenvalue weighted by atomic mass is 10.2. The molecule has 0 radical (unpaired) electrons. The molecule has 1 heterocycles. The molecule has 0 aliphatic heterocycles. The highest BCUT2D eigenvalue weighted by Gasteiger charge is 2.30. The molecule has 0 atom stereocenters. The molecular weight excluding hydrogens is 443 g/mol. The molecule has 11 heteroatoms. The zero-order chi connectivity index (χ0) is 21.9. The lowest BCUT2D eigenvalue weighted by Crippen LogP contribution is -2.15. The van der Waals surface area contributed by atoms with E-state index in [0.717, 1.165) is 24.3 Å². The summed E-state index contributed by atoms with van der Waals surface area (Å²) in [7, 11) is -3.94. The monoisotopic (exact) mass is 455 g/mol. The van der Waals surface area contributed by atoms with Gasteiger partial charge in [0, 0.05) is 16.9 Å². The van der Waals surface area contributed by atoms with E-state index in [1.54, 1.807) is 0 Å². The van der Waals surface area contributed by atoms with Gasteiger partial charge in [-0.1, -0.05) is 11.6 Å². The van der Waals surface area contributed by atoms with Gasteiger partial charge >= 0.3 is 6.18 Å². The van der Waals surface area contributed by atoms with Crippen LogP contribution in [0.25, 0.3) is 0 Å². The van der Waals surface area contributed by atoms with Crippen molar-refractivity contribution in [2.75, 3.05) is 10.0 Å². The summed E-state index contributed by atoms with van der Waals surface area (Å²) in [5.41, 5.74) is -0.669. The third-order valence-corrected chi connectivity index (χ3v) is 5.50. The number of amides is 1.